The standard InChI is InChI=1S/C16H19F3N4O/c1-3-20-15(24)11(2)21-10-12-4-6-13(7-5-12)23-9-8-14(22-23)16(17,18)19/h4-9,11,21H,3,10H2,1-2H3,(H,20,24)/t11-/m1/s1. The van der Waals surface area contributed by atoms with Crippen molar-refractivity contribution in [2.75, 3.05) is 6.54 Å². The van der Waals surface area contributed by atoms with E-state index in [1.807, 2.05) is 6.92 Å². The summed E-state index contributed by atoms with van der Waals surface area (Å²) in [6.07, 6.45) is -3.18. The van der Waals surface area contributed by atoms with Gasteiger partial charge in [-0.25, -0.2) is 4.68 Å². The molecule has 1 amide bonds. The smallest absolute Gasteiger partial charge is 0.355 e. The molecular formula is C16H19F3N4O. The summed E-state index contributed by atoms with van der Waals surface area (Å²) in [7, 11) is 0. The Morgan fingerprint density at radius 3 is 2.46 bits per heavy atom. The maximum atomic E-state index is 12.6. The van der Waals surface area contributed by atoms with E-state index in [0.717, 1.165) is 11.6 Å². The zero-order chi connectivity index (χ0) is 17.7. The lowest BCUT2D eigenvalue weighted by molar-refractivity contribution is -0.141. The van der Waals surface area contributed by atoms with Crippen LogP contribution in [0.1, 0.15) is 25.1 Å². The molecule has 0 spiro atoms. The molecule has 1 heterocycles. The SMILES string of the molecule is CCNC(=O)[C@@H](C)NCc1ccc(-n2ccc(C(F)(F)F)n2)cc1. The molecule has 0 aliphatic carbocycles. The number of hydrogen-bond donors (Lipinski definition) is 2. The van der Waals surface area contributed by atoms with Gasteiger partial charge in [0.15, 0.2) is 5.69 Å². The van der Waals surface area contributed by atoms with Gasteiger partial charge >= 0.3 is 6.18 Å². The molecule has 0 unspecified atom stereocenters. The van der Waals surface area contributed by atoms with Crippen LogP contribution in [0.4, 0.5) is 13.2 Å². The van der Waals surface area contributed by atoms with E-state index in [1.54, 1.807) is 31.2 Å². The van der Waals surface area contributed by atoms with Gasteiger partial charge in [0.05, 0.1) is 11.7 Å². The van der Waals surface area contributed by atoms with E-state index in [-0.39, 0.29) is 11.9 Å². The van der Waals surface area contributed by atoms with Crippen LogP contribution in [-0.4, -0.2) is 28.3 Å². The number of amides is 1. The Bertz CT molecular complexity index is 679. The van der Waals surface area contributed by atoms with E-state index >= 15 is 0 Å². The highest BCUT2D eigenvalue weighted by Gasteiger charge is 2.33. The lowest BCUT2D eigenvalue weighted by Crippen LogP contribution is -2.41. The highest BCUT2D eigenvalue weighted by atomic mass is 19.4. The quantitative estimate of drug-likeness (QED) is 0.849. The molecule has 2 rings (SSSR count). The first-order valence-electron chi connectivity index (χ1n) is 7.54. The fraction of sp³-hybridized carbons (Fsp3) is 0.375. The van der Waals surface area contributed by atoms with Crippen molar-refractivity contribution in [1.82, 2.24) is 20.4 Å². The van der Waals surface area contributed by atoms with Gasteiger partial charge in [0.25, 0.3) is 0 Å². The van der Waals surface area contributed by atoms with E-state index in [2.05, 4.69) is 15.7 Å². The molecule has 1 atom stereocenters. The summed E-state index contributed by atoms with van der Waals surface area (Å²) in [4.78, 5) is 11.6. The average Bonchev–Trinajstić information content (AvgIpc) is 3.03. The van der Waals surface area contributed by atoms with Crippen LogP contribution < -0.4 is 10.6 Å². The molecule has 2 aromatic rings. The van der Waals surface area contributed by atoms with Crippen molar-refractivity contribution in [3.05, 3.63) is 47.8 Å². The van der Waals surface area contributed by atoms with Gasteiger partial charge in [-0.15, -0.1) is 0 Å². The molecule has 1 aromatic heterocycles. The molecule has 0 saturated carbocycles. The third-order valence-corrected chi connectivity index (χ3v) is 3.44. The minimum absolute atomic E-state index is 0.0784. The number of carbonyl (C=O) groups is 1. The van der Waals surface area contributed by atoms with Gasteiger partial charge in [0, 0.05) is 19.3 Å². The number of benzene rings is 1. The number of rotatable bonds is 6. The summed E-state index contributed by atoms with van der Waals surface area (Å²) >= 11 is 0. The molecule has 130 valence electrons. The van der Waals surface area contributed by atoms with Crippen LogP contribution in [0.5, 0.6) is 0 Å². The molecule has 0 radical (unpaired) electrons. The van der Waals surface area contributed by atoms with E-state index in [0.29, 0.717) is 18.8 Å². The first-order valence-corrected chi connectivity index (χ1v) is 7.54. The normalized spacial score (nSPS) is 12.9. The van der Waals surface area contributed by atoms with Crippen LogP contribution in [0.2, 0.25) is 0 Å². The average molecular weight is 340 g/mol. The molecule has 24 heavy (non-hydrogen) atoms. The second kappa shape index (κ2) is 7.48. The Morgan fingerprint density at radius 1 is 1.25 bits per heavy atom. The molecule has 0 aliphatic heterocycles. The molecule has 0 aliphatic rings. The Labute approximate surface area is 137 Å². The van der Waals surface area contributed by atoms with E-state index in [9.17, 15) is 18.0 Å². The lowest BCUT2D eigenvalue weighted by atomic mass is 10.2. The fourth-order valence-electron chi connectivity index (χ4n) is 2.08. The predicted molar refractivity (Wildman–Crippen MR) is 83.6 cm³/mol. The van der Waals surface area contributed by atoms with Crippen molar-refractivity contribution in [1.29, 1.82) is 0 Å². The molecule has 5 nitrogen and oxygen atoms in total. The second-order valence-electron chi connectivity index (χ2n) is 5.31. The molecule has 0 fully saturated rings. The number of hydrogen-bond acceptors (Lipinski definition) is 3. The molecule has 1 aromatic carbocycles. The third kappa shape index (κ3) is 4.58. The topological polar surface area (TPSA) is 59.0 Å². The number of halogens is 3. The number of nitrogens with zero attached hydrogens (tertiary/aromatic N) is 2. The van der Waals surface area contributed by atoms with E-state index in [4.69, 9.17) is 0 Å². The molecule has 2 N–H and O–H groups in total. The minimum atomic E-state index is -4.45. The van der Waals surface area contributed by atoms with Crippen LogP contribution in [0.3, 0.4) is 0 Å². The maximum absolute atomic E-state index is 12.6. The Hall–Kier alpha value is -2.35. The number of likely N-dealkylation sites (N-methyl/N-ethyl adjacent to an activating group) is 1. The van der Waals surface area contributed by atoms with Crippen molar-refractivity contribution in [3.63, 3.8) is 0 Å². The number of aromatic nitrogens is 2. The summed E-state index contributed by atoms with van der Waals surface area (Å²) in [6.45, 7) is 4.67. The Balaban J connectivity index is 1.98. The minimum Gasteiger partial charge on any atom is -0.355 e. The largest absolute Gasteiger partial charge is 0.435 e. The first-order chi connectivity index (χ1) is 11.3. The van der Waals surface area contributed by atoms with Crippen molar-refractivity contribution in [2.45, 2.75) is 32.6 Å². The van der Waals surface area contributed by atoms with Crippen molar-refractivity contribution < 1.29 is 18.0 Å². The second-order valence-corrected chi connectivity index (χ2v) is 5.31. The van der Waals surface area contributed by atoms with Crippen LogP contribution >= 0.6 is 0 Å². The highest BCUT2D eigenvalue weighted by molar-refractivity contribution is 5.81. The Kier molecular flexibility index (Phi) is 5.61. The number of carbonyl (C=O) groups excluding carboxylic acids is 1. The van der Waals surface area contributed by atoms with Gasteiger partial charge in [-0.2, -0.15) is 18.3 Å². The third-order valence-electron chi connectivity index (χ3n) is 3.44. The van der Waals surface area contributed by atoms with Gasteiger partial charge in [0.2, 0.25) is 5.91 Å². The summed E-state index contributed by atoms with van der Waals surface area (Å²) in [5, 5.41) is 9.33. The zero-order valence-electron chi connectivity index (χ0n) is 13.4. The summed E-state index contributed by atoms with van der Waals surface area (Å²) < 4.78 is 38.9. The van der Waals surface area contributed by atoms with Crippen LogP contribution in [0.15, 0.2) is 36.5 Å². The van der Waals surface area contributed by atoms with Crippen LogP contribution in [0, 0.1) is 0 Å². The van der Waals surface area contributed by atoms with Crippen molar-refractivity contribution >= 4 is 5.91 Å². The van der Waals surface area contributed by atoms with Crippen molar-refractivity contribution in [3.8, 4) is 5.69 Å². The zero-order valence-corrected chi connectivity index (χ0v) is 13.4. The molecule has 0 bridgehead atoms. The van der Waals surface area contributed by atoms with Gasteiger partial charge < -0.3 is 10.6 Å². The maximum Gasteiger partial charge on any atom is 0.435 e. The van der Waals surface area contributed by atoms with Gasteiger partial charge in [-0.1, -0.05) is 12.1 Å². The number of nitrogens with one attached hydrogen (secondary N) is 2. The summed E-state index contributed by atoms with van der Waals surface area (Å²) in [6, 6.07) is 7.53. The van der Waals surface area contributed by atoms with Gasteiger partial charge in [-0.3, -0.25) is 4.79 Å². The summed E-state index contributed by atoms with van der Waals surface area (Å²) in [5.74, 6) is -0.0784. The summed E-state index contributed by atoms with van der Waals surface area (Å²) in [5.41, 5.74) is 0.521. The highest BCUT2D eigenvalue weighted by Crippen LogP contribution is 2.27. The van der Waals surface area contributed by atoms with Gasteiger partial charge in [0.1, 0.15) is 0 Å². The molecule has 8 heteroatoms. The monoisotopic (exact) mass is 340 g/mol. The van der Waals surface area contributed by atoms with Crippen molar-refractivity contribution in [2.24, 2.45) is 0 Å². The fourth-order valence-corrected chi connectivity index (χ4v) is 2.08. The first kappa shape index (κ1) is 18.0. The lowest BCUT2D eigenvalue weighted by Gasteiger charge is -2.13. The molecule has 0 saturated heterocycles. The van der Waals surface area contributed by atoms with Gasteiger partial charge in [-0.05, 0) is 37.6 Å². The van der Waals surface area contributed by atoms with Crippen LogP contribution in [-0.2, 0) is 17.5 Å². The van der Waals surface area contributed by atoms with Crippen LogP contribution in [0.25, 0.3) is 5.69 Å². The van der Waals surface area contributed by atoms with E-state index in [1.165, 1.54) is 10.9 Å². The predicted octanol–water partition coefficient (Wildman–Crippen LogP) is 2.51. The Morgan fingerprint density at radius 2 is 1.92 bits per heavy atom. The molecular weight excluding hydrogens is 321 g/mol. The number of alkyl halides is 3. The van der Waals surface area contributed by atoms with E-state index < -0.39 is 11.9 Å².